The highest BCUT2D eigenvalue weighted by Gasteiger charge is 2.11. The summed E-state index contributed by atoms with van der Waals surface area (Å²) in [4.78, 5) is 15.6. The predicted octanol–water partition coefficient (Wildman–Crippen LogP) is 1.07. The molecule has 0 bridgehead atoms. The third-order valence-corrected chi connectivity index (χ3v) is 1.99. The number of aromatic nitrogens is 3. The normalized spacial score (nSPS) is 10.0. The summed E-state index contributed by atoms with van der Waals surface area (Å²) in [6, 6.07) is 3.36. The van der Waals surface area contributed by atoms with Gasteiger partial charge in [0, 0.05) is 7.05 Å². The van der Waals surface area contributed by atoms with Crippen LogP contribution < -0.4 is 10.6 Å². The highest BCUT2D eigenvalue weighted by atomic mass is 16.4. The Bertz CT molecular complexity index is 520. The molecule has 0 saturated heterocycles. The number of carbonyl (C=O) groups excluding carboxylic acids is 1. The number of oxazole rings is 1. The summed E-state index contributed by atoms with van der Waals surface area (Å²) in [5.41, 5.74) is 0.886. The number of nitrogens with zero attached hydrogens (tertiary/aromatic N) is 3. The first-order valence-corrected chi connectivity index (χ1v) is 4.94. The molecule has 0 radical (unpaired) electrons. The quantitative estimate of drug-likeness (QED) is 0.823. The molecule has 0 aliphatic rings. The molecule has 0 atom stereocenters. The lowest BCUT2D eigenvalue weighted by Crippen LogP contribution is -2.14. The van der Waals surface area contributed by atoms with E-state index >= 15 is 0 Å². The van der Waals surface area contributed by atoms with Gasteiger partial charge in [-0.25, -0.2) is 0 Å². The largest absolute Gasteiger partial charge is 0.432 e. The van der Waals surface area contributed by atoms with Gasteiger partial charge in [0.1, 0.15) is 12.1 Å². The molecule has 0 fully saturated rings. The Morgan fingerprint density at radius 3 is 2.71 bits per heavy atom. The monoisotopic (exact) mass is 233 g/mol. The summed E-state index contributed by atoms with van der Waals surface area (Å²) in [5, 5.41) is 12.8. The summed E-state index contributed by atoms with van der Waals surface area (Å²) < 4.78 is 5.00. The molecule has 0 aliphatic carbocycles. The molecule has 2 aromatic rings. The van der Waals surface area contributed by atoms with E-state index in [1.54, 1.807) is 26.1 Å². The molecule has 0 aliphatic heterocycles. The van der Waals surface area contributed by atoms with Gasteiger partial charge < -0.3 is 9.73 Å². The van der Waals surface area contributed by atoms with Gasteiger partial charge >= 0.3 is 6.01 Å². The second-order valence-corrected chi connectivity index (χ2v) is 3.30. The molecule has 2 N–H and O–H groups in total. The van der Waals surface area contributed by atoms with Crippen LogP contribution in [-0.4, -0.2) is 28.1 Å². The topological polar surface area (TPSA) is 92.9 Å². The number of anilines is 2. The van der Waals surface area contributed by atoms with Crippen LogP contribution in [0, 0.1) is 6.92 Å². The van der Waals surface area contributed by atoms with Gasteiger partial charge in [-0.05, 0) is 19.1 Å². The van der Waals surface area contributed by atoms with Crippen LogP contribution in [0.2, 0.25) is 0 Å². The maximum atomic E-state index is 11.7. The molecule has 7 nitrogen and oxygen atoms in total. The number of carbonyl (C=O) groups is 1. The second kappa shape index (κ2) is 4.60. The molecule has 2 rings (SSSR count). The van der Waals surface area contributed by atoms with Crippen molar-refractivity contribution in [3.63, 3.8) is 0 Å². The van der Waals surface area contributed by atoms with Crippen molar-refractivity contribution >= 4 is 17.7 Å². The van der Waals surface area contributed by atoms with E-state index in [1.807, 2.05) is 0 Å². The number of hydrogen-bond acceptors (Lipinski definition) is 6. The zero-order valence-electron chi connectivity index (χ0n) is 9.39. The van der Waals surface area contributed by atoms with Crippen molar-refractivity contribution in [2.45, 2.75) is 6.92 Å². The molecule has 17 heavy (non-hydrogen) atoms. The lowest BCUT2D eigenvalue weighted by atomic mass is 10.3. The van der Waals surface area contributed by atoms with Crippen LogP contribution >= 0.6 is 0 Å². The van der Waals surface area contributed by atoms with Crippen LogP contribution in [0.25, 0.3) is 0 Å². The third-order valence-electron chi connectivity index (χ3n) is 1.99. The van der Waals surface area contributed by atoms with Crippen LogP contribution in [0.5, 0.6) is 0 Å². The summed E-state index contributed by atoms with van der Waals surface area (Å²) in [5.74, 6) is 0.176. The molecule has 7 heteroatoms. The number of amides is 1. The van der Waals surface area contributed by atoms with Crippen molar-refractivity contribution in [2.24, 2.45) is 0 Å². The van der Waals surface area contributed by atoms with Crippen LogP contribution in [-0.2, 0) is 0 Å². The van der Waals surface area contributed by atoms with E-state index in [0.717, 1.165) is 0 Å². The Balaban J connectivity index is 2.09. The minimum absolute atomic E-state index is 0.145. The number of aryl methyl sites for hydroxylation is 1. The van der Waals surface area contributed by atoms with Gasteiger partial charge in [-0.2, -0.15) is 4.98 Å². The summed E-state index contributed by atoms with van der Waals surface area (Å²) in [7, 11) is 1.72. The molecule has 1 amide bonds. The average Bonchev–Trinajstić information content (AvgIpc) is 2.75. The van der Waals surface area contributed by atoms with E-state index in [9.17, 15) is 4.79 Å². The maximum absolute atomic E-state index is 11.7. The van der Waals surface area contributed by atoms with E-state index in [2.05, 4.69) is 25.8 Å². The molecule has 88 valence electrons. The molecule has 0 spiro atoms. The molecular formula is C10H11N5O2. The van der Waals surface area contributed by atoms with Gasteiger partial charge in [-0.3, -0.25) is 10.1 Å². The molecule has 0 aromatic carbocycles. The van der Waals surface area contributed by atoms with Gasteiger partial charge in [-0.15, -0.1) is 10.2 Å². The van der Waals surface area contributed by atoms with Crippen LogP contribution in [0.3, 0.4) is 0 Å². The summed E-state index contributed by atoms with van der Waals surface area (Å²) in [6.07, 6.45) is 1.45. The van der Waals surface area contributed by atoms with Crippen molar-refractivity contribution in [3.05, 3.63) is 29.8 Å². The Morgan fingerprint density at radius 2 is 2.18 bits per heavy atom. The van der Waals surface area contributed by atoms with Crippen LogP contribution in [0.4, 0.5) is 11.8 Å². The van der Waals surface area contributed by atoms with Crippen molar-refractivity contribution < 1.29 is 9.21 Å². The third kappa shape index (κ3) is 2.57. The standard InChI is InChI=1S/C10H11N5O2/c1-6-5-17-10(12-6)13-9(16)7-3-4-8(11-2)15-14-7/h3-5H,1-2H3,(H,11,15)(H,12,13,16). The van der Waals surface area contributed by atoms with Crippen molar-refractivity contribution in [1.29, 1.82) is 0 Å². The first-order valence-electron chi connectivity index (χ1n) is 4.94. The molecule has 2 aromatic heterocycles. The van der Waals surface area contributed by atoms with Gasteiger partial charge in [0.25, 0.3) is 5.91 Å². The van der Waals surface area contributed by atoms with Crippen molar-refractivity contribution in [3.8, 4) is 0 Å². The van der Waals surface area contributed by atoms with E-state index in [-0.39, 0.29) is 11.7 Å². The van der Waals surface area contributed by atoms with E-state index in [1.165, 1.54) is 6.26 Å². The van der Waals surface area contributed by atoms with Crippen LogP contribution in [0.15, 0.2) is 22.8 Å². The minimum atomic E-state index is -0.415. The Hall–Kier alpha value is -2.44. The summed E-state index contributed by atoms with van der Waals surface area (Å²) in [6.45, 7) is 1.76. The van der Waals surface area contributed by atoms with Gasteiger partial charge in [0.2, 0.25) is 0 Å². The van der Waals surface area contributed by atoms with E-state index in [4.69, 9.17) is 4.42 Å². The molecule has 0 unspecified atom stereocenters. The maximum Gasteiger partial charge on any atom is 0.301 e. The highest BCUT2D eigenvalue weighted by molar-refractivity contribution is 6.01. The fraction of sp³-hybridized carbons (Fsp3) is 0.200. The zero-order valence-corrected chi connectivity index (χ0v) is 9.39. The first kappa shape index (κ1) is 11.1. The average molecular weight is 233 g/mol. The Labute approximate surface area is 97.3 Å². The van der Waals surface area contributed by atoms with Gasteiger partial charge in [-0.1, -0.05) is 0 Å². The van der Waals surface area contributed by atoms with E-state index < -0.39 is 5.91 Å². The van der Waals surface area contributed by atoms with Gasteiger partial charge in [0.15, 0.2) is 5.69 Å². The number of rotatable bonds is 3. The summed E-state index contributed by atoms with van der Waals surface area (Å²) >= 11 is 0. The lowest BCUT2D eigenvalue weighted by molar-refractivity contribution is 0.101. The predicted molar refractivity (Wildman–Crippen MR) is 60.8 cm³/mol. The molecular weight excluding hydrogens is 222 g/mol. The first-order chi connectivity index (χ1) is 8.19. The lowest BCUT2D eigenvalue weighted by Gasteiger charge is -2.00. The van der Waals surface area contributed by atoms with Crippen molar-refractivity contribution in [1.82, 2.24) is 15.2 Å². The zero-order chi connectivity index (χ0) is 12.3. The Kier molecular flexibility index (Phi) is 2.99. The SMILES string of the molecule is CNc1ccc(C(=O)Nc2nc(C)co2)nn1. The second-order valence-electron chi connectivity index (χ2n) is 3.30. The smallest absolute Gasteiger partial charge is 0.301 e. The molecule has 2 heterocycles. The van der Waals surface area contributed by atoms with Crippen LogP contribution in [0.1, 0.15) is 16.2 Å². The minimum Gasteiger partial charge on any atom is -0.432 e. The van der Waals surface area contributed by atoms with Crippen molar-refractivity contribution in [2.75, 3.05) is 17.7 Å². The highest BCUT2D eigenvalue weighted by Crippen LogP contribution is 2.08. The fourth-order valence-electron chi connectivity index (χ4n) is 1.16. The Morgan fingerprint density at radius 1 is 1.35 bits per heavy atom. The molecule has 0 saturated carbocycles. The van der Waals surface area contributed by atoms with Gasteiger partial charge in [0.05, 0.1) is 5.69 Å². The number of hydrogen-bond donors (Lipinski definition) is 2. The fourth-order valence-corrected chi connectivity index (χ4v) is 1.16. The van der Waals surface area contributed by atoms with E-state index in [0.29, 0.717) is 11.5 Å². The number of nitrogens with one attached hydrogen (secondary N) is 2.